The van der Waals surface area contributed by atoms with E-state index < -0.39 is 26.7 Å². The number of rotatable bonds is 7. The quantitative estimate of drug-likeness (QED) is 0.620. The molecule has 0 fully saturated rings. The molecule has 0 atom stereocenters. The predicted molar refractivity (Wildman–Crippen MR) is 98.8 cm³/mol. The van der Waals surface area contributed by atoms with Crippen molar-refractivity contribution in [1.82, 2.24) is 9.71 Å². The lowest BCUT2D eigenvalue weighted by Gasteiger charge is -2.10. The van der Waals surface area contributed by atoms with Gasteiger partial charge in [0.1, 0.15) is 12.0 Å². The first-order valence-electron chi connectivity index (χ1n) is 8.45. The third-order valence-electron chi connectivity index (χ3n) is 4.03. The first-order chi connectivity index (χ1) is 13.7. The van der Waals surface area contributed by atoms with Gasteiger partial charge in [0.05, 0.1) is 23.3 Å². The number of nitrogens with one attached hydrogen (secondary N) is 1. The first kappa shape index (κ1) is 20.9. The second-order valence-corrected chi connectivity index (χ2v) is 7.81. The second kappa shape index (κ2) is 8.26. The fraction of sp³-hybridized carbons (Fsp3) is 0.211. The van der Waals surface area contributed by atoms with Crippen LogP contribution in [-0.2, 0) is 22.6 Å². The molecule has 0 aliphatic heterocycles. The van der Waals surface area contributed by atoms with Gasteiger partial charge in [0, 0.05) is 18.5 Å². The third-order valence-corrected chi connectivity index (χ3v) is 5.49. The van der Waals surface area contributed by atoms with E-state index in [0.717, 1.165) is 23.8 Å². The zero-order chi connectivity index (χ0) is 21.1. The summed E-state index contributed by atoms with van der Waals surface area (Å²) in [6, 6.07) is 10.6. The van der Waals surface area contributed by atoms with Gasteiger partial charge >= 0.3 is 6.18 Å². The summed E-state index contributed by atoms with van der Waals surface area (Å²) in [5.41, 5.74) is 0.199. The molecule has 154 valence electrons. The third kappa shape index (κ3) is 5.15. The molecule has 0 aliphatic rings. The molecule has 2 aromatic carbocycles. The minimum Gasteiger partial charge on any atom is -0.497 e. The van der Waals surface area contributed by atoms with Crippen LogP contribution in [0.5, 0.6) is 5.75 Å². The summed E-state index contributed by atoms with van der Waals surface area (Å²) in [5.74, 6) is 1.05. The average molecular weight is 426 g/mol. The van der Waals surface area contributed by atoms with Crippen LogP contribution < -0.4 is 9.46 Å². The van der Waals surface area contributed by atoms with Gasteiger partial charge in [0.2, 0.25) is 15.9 Å². The van der Waals surface area contributed by atoms with Crippen LogP contribution in [0.4, 0.5) is 13.2 Å². The molecule has 0 radical (unpaired) electrons. The molecular weight excluding hydrogens is 409 g/mol. The highest BCUT2D eigenvalue weighted by atomic mass is 32.2. The van der Waals surface area contributed by atoms with E-state index in [-0.39, 0.29) is 13.0 Å². The van der Waals surface area contributed by atoms with E-state index in [9.17, 15) is 21.6 Å². The Kier molecular flexibility index (Phi) is 5.94. The molecule has 10 heteroatoms. The van der Waals surface area contributed by atoms with E-state index in [1.54, 1.807) is 31.4 Å². The van der Waals surface area contributed by atoms with Gasteiger partial charge in [0.25, 0.3) is 0 Å². The van der Waals surface area contributed by atoms with Crippen LogP contribution in [-0.4, -0.2) is 27.1 Å². The van der Waals surface area contributed by atoms with Crippen LogP contribution in [0.1, 0.15) is 11.3 Å². The molecule has 0 bridgehead atoms. The summed E-state index contributed by atoms with van der Waals surface area (Å²) >= 11 is 0. The monoisotopic (exact) mass is 426 g/mol. The highest BCUT2D eigenvalue weighted by Crippen LogP contribution is 2.30. The van der Waals surface area contributed by atoms with Crippen molar-refractivity contribution in [3.8, 4) is 17.2 Å². The van der Waals surface area contributed by atoms with E-state index in [1.165, 1.54) is 6.26 Å². The Balaban J connectivity index is 1.63. The number of sulfonamides is 1. The maximum atomic E-state index is 12.8. The molecule has 0 aliphatic carbocycles. The summed E-state index contributed by atoms with van der Waals surface area (Å²) in [5, 5.41) is 0. The highest BCUT2D eigenvalue weighted by molar-refractivity contribution is 7.89. The fourth-order valence-corrected chi connectivity index (χ4v) is 3.60. The maximum Gasteiger partial charge on any atom is 0.416 e. The van der Waals surface area contributed by atoms with Crippen molar-refractivity contribution in [1.29, 1.82) is 0 Å². The summed E-state index contributed by atoms with van der Waals surface area (Å²) in [6.45, 7) is -0.0484. The second-order valence-electron chi connectivity index (χ2n) is 6.05. The molecule has 0 spiro atoms. The van der Waals surface area contributed by atoms with Gasteiger partial charge in [-0.1, -0.05) is 6.07 Å². The summed E-state index contributed by atoms with van der Waals surface area (Å²) in [4.78, 5) is 3.83. The van der Waals surface area contributed by atoms with Crippen molar-refractivity contribution < 1.29 is 30.7 Å². The van der Waals surface area contributed by atoms with Gasteiger partial charge in [-0.15, -0.1) is 0 Å². The minimum atomic E-state index is -4.62. The van der Waals surface area contributed by atoms with Crippen molar-refractivity contribution in [3.05, 3.63) is 66.1 Å². The van der Waals surface area contributed by atoms with Crippen LogP contribution >= 0.6 is 0 Å². The van der Waals surface area contributed by atoms with Gasteiger partial charge < -0.3 is 9.15 Å². The zero-order valence-electron chi connectivity index (χ0n) is 15.2. The largest absolute Gasteiger partial charge is 0.497 e. The fourth-order valence-electron chi connectivity index (χ4n) is 2.52. The molecule has 0 unspecified atom stereocenters. The smallest absolute Gasteiger partial charge is 0.416 e. The van der Waals surface area contributed by atoms with E-state index in [1.807, 2.05) is 0 Å². The molecule has 29 heavy (non-hydrogen) atoms. The summed E-state index contributed by atoms with van der Waals surface area (Å²) in [7, 11) is -2.53. The summed E-state index contributed by atoms with van der Waals surface area (Å²) < 4.78 is 75.6. The van der Waals surface area contributed by atoms with E-state index in [0.29, 0.717) is 23.4 Å². The standard InChI is InChI=1S/C19H17F3N2O4S/c1-27-16-7-5-13(6-8-16)18-24-15(12-28-18)9-10-23-29(25,26)17-4-2-3-14(11-17)19(20,21)22/h2-8,11-12,23H,9-10H2,1H3. The lowest BCUT2D eigenvalue weighted by molar-refractivity contribution is -0.137. The number of oxazole rings is 1. The van der Waals surface area contributed by atoms with Crippen LogP contribution in [0.3, 0.4) is 0 Å². The topological polar surface area (TPSA) is 81.4 Å². The van der Waals surface area contributed by atoms with Gasteiger partial charge in [-0.2, -0.15) is 13.2 Å². The molecule has 1 heterocycles. The van der Waals surface area contributed by atoms with E-state index in [2.05, 4.69) is 9.71 Å². The van der Waals surface area contributed by atoms with Crippen molar-refractivity contribution >= 4 is 10.0 Å². The molecule has 3 aromatic rings. The zero-order valence-corrected chi connectivity index (χ0v) is 16.0. The Bertz CT molecular complexity index is 1080. The van der Waals surface area contributed by atoms with Crippen LogP contribution in [0.2, 0.25) is 0 Å². The SMILES string of the molecule is COc1ccc(-c2nc(CCNS(=O)(=O)c3cccc(C(F)(F)F)c3)co2)cc1. The number of hydrogen-bond donors (Lipinski definition) is 1. The molecule has 6 nitrogen and oxygen atoms in total. The molecule has 0 amide bonds. The van der Waals surface area contributed by atoms with Crippen LogP contribution in [0.25, 0.3) is 11.5 Å². The van der Waals surface area contributed by atoms with Gasteiger partial charge in [-0.3, -0.25) is 0 Å². The number of hydrogen-bond acceptors (Lipinski definition) is 5. The van der Waals surface area contributed by atoms with Crippen LogP contribution in [0, 0.1) is 0 Å². The number of ether oxygens (including phenoxy) is 1. The number of aromatic nitrogens is 1. The minimum absolute atomic E-state index is 0.0484. The number of nitrogens with zero attached hydrogens (tertiary/aromatic N) is 1. The molecule has 1 N–H and O–H groups in total. The number of methoxy groups -OCH3 is 1. The molecule has 1 aromatic heterocycles. The lowest BCUT2D eigenvalue weighted by atomic mass is 10.2. The van der Waals surface area contributed by atoms with Crippen molar-refractivity contribution in [2.45, 2.75) is 17.5 Å². The van der Waals surface area contributed by atoms with E-state index in [4.69, 9.17) is 9.15 Å². The van der Waals surface area contributed by atoms with Crippen molar-refractivity contribution in [3.63, 3.8) is 0 Å². The Morgan fingerprint density at radius 3 is 2.52 bits per heavy atom. The number of halogens is 3. The van der Waals surface area contributed by atoms with E-state index >= 15 is 0 Å². The van der Waals surface area contributed by atoms with Crippen molar-refractivity contribution in [2.75, 3.05) is 13.7 Å². The van der Waals surface area contributed by atoms with Gasteiger partial charge in [0.15, 0.2) is 0 Å². The normalized spacial score (nSPS) is 12.1. The molecule has 0 saturated carbocycles. The summed E-state index contributed by atoms with van der Waals surface area (Å²) in [6.07, 6.45) is -3.01. The van der Waals surface area contributed by atoms with Gasteiger partial charge in [-0.05, 0) is 42.5 Å². The Morgan fingerprint density at radius 2 is 1.86 bits per heavy atom. The molecule has 0 saturated heterocycles. The first-order valence-corrected chi connectivity index (χ1v) is 9.93. The Morgan fingerprint density at radius 1 is 1.14 bits per heavy atom. The highest BCUT2D eigenvalue weighted by Gasteiger charge is 2.31. The van der Waals surface area contributed by atoms with Crippen LogP contribution in [0.15, 0.2) is 64.1 Å². The molecular formula is C19H17F3N2O4S. The number of alkyl halides is 3. The lowest BCUT2D eigenvalue weighted by Crippen LogP contribution is -2.26. The van der Waals surface area contributed by atoms with Crippen molar-refractivity contribution in [2.24, 2.45) is 0 Å². The number of benzene rings is 2. The van der Waals surface area contributed by atoms with Gasteiger partial charge in [-0.25, -0.2) is 18.1 Å². The Labute approximate surface area is 165 Å². The Hall–Kier alpha value is -2.85. The molecule has 3 rings (SSSR count). The average Bonchev–Trinajstić information content (AvgIpc) is 3.16. The predicted octanol–water partition coefficient (Wildman–Crippen LogP) is 3.89. The maximum absolute atomic E-state index is 12.8.